The summed E-state index contributed by atoms with van der Waals surface area (Å²) in [4.78, 5) is 22.6. The Bertz CT molecular complexity index is 1110. The van der Waals surface area contributed by atoms with Crippen LogP contribution in [0.25, 0.3) is 0 Å². The fraction of sp³-hybridized carbons (Fsp3) is 0.320. The van der Waals surface area contributed by atoms with Crippen LogP contribution in [0.2, 0.25) is 0 Å². The molecular formula is C25H26N4O2S. The fourth-order valence-corrected chi connectivity index (χ4v) is 4.63. The maximum atomic E-state index is 13.1. The monoisotopic (exact) mass is 446 g/mol. The third-order valence-electron chi connectivity index (χ3n) is 5.57. The summed E-state index contributed by atoms with van der Waals surface area (Å²) >= 11 is 1.42. The summed E-state index contributed by atoms with van der Waals surface area (Å²) in [5, 5.41) is 9.74. The van der Waals surface area contributed by atoms with E-state index < -0.39 is 0 Å². The number of amides is 1. The first-order valence-corrected chi connectivity index (χ1v) is 11.5. The summed E-state index contributed by atoms with van der Waals surface area (Å²) in [6, 6.07) is 17.8. The Hall–Kier alpha value is -3.21. The molecule has 0 unspecified atom stereocenters. The van der Waals surface area contributed by atoms with Crippen LogP contribution in [0.3, 0.4) is 0 Å². The molecule has 32 heavy (non-hydrogen) atoms. The van der Waals surface area contributed by atoms with Gasteiger partial charge in [0.2, 0.25) is 0 Å². The van der Waals surface area contributed by atoms with E-state index in [0.29, 0.717) is 30.1 Å². The molecule has 0 spiro atoms. The van der Waals surface area contributed by atoms with Crippen molar-refractivity contribution in [2.75, 3.05) is 26.2 Å². The third-order valence-corrected chi connectivity index (χ3v) is 6.69. The predicted molar refractivity (Wildman–Crippen MR) is 125 cm³/mol. The van der Waals surface area contributed by atoms with E-state index in [0.717, 1.165) is 36.1 Å². The first-order valence-electron chi connectivity index (χ1n) is 10.7. The van der Waals surface area contributed by atoms with E-state index in [4.69, 9.17) is 10.00 Å². The van der Waals surface area contributed by atoms with Crippen molar-refractivity contribution in [3.63, 3.8) is 0 Å². The van der Waals surface area contributed by atoms with E-state index in [9.17, 15) is 4.79 Å². The van der Waals surface area contributed by atoms with Gasteiger partial charge < -0.3 is 9.64 Å². The Kier molecular flexibility index (Phi) is 6.84. The molecule has 1 saturated heterocycles. The lowest BCUT2D eigenvalue weighted by Gasteiger charge is -2.34. The van der Waals surface area contributed by atoms with Crippen LogP contribution in [0.1, 0.15) is 37.1 Å². The molecule has 1 aromatic heterocycles. The smallest absolute Gasteiger partial charge is 0.265 e. The largest absolute Gasteiger partial charge is 0.486 e. The number of hydrogen-bond donors (Lipinski definition) is 0. The van der Waals surface area contributed by atoms with Gasteiger partial charge in [0.25, 0.3) is 5.91 Å². The van der Waals surface area contributed by atoms with Crippen LogP contribution in [0.15, 0.2) is 48.5 Å². The topological polar surface area (TPSA) is 69.5 Å². The molecule has 2 aromatic carbocycles. The third kappa shape index (κ3) is 5.34. The second kappa shape index (κ2) is 9.94. The standard InChI is InChI=1S/C25H26N4O2S/c1-18-3-9-22(10-4-18)31-17-23-27-19(2)24(32-23)25(30)29-13-11-28(12-14-29)16-21-7-5-20(15-26)6-8-21/h3-10H,11-14,16-17H2,1-2H3. The van der Waals surface area contributed by atoms with Gasteiger partial charge in [-0.1, -0.05) is 29.8 Å². The van der Waals surface area contributed by atoms with Gasteiger partial charge in [0.15, 0.2) is 0 Å². The van der Waals surface area contributed by atoms with Gasteiger partial charge in [0.05, 0.1) is 17.3 Å². The van der Waals surface area contributed by atoms with E-state index in [1.807, 2.05) is 67.3 Å². The van der Waals surface area contributed by atoms with Crippen LogP contribution >= 0.6 is 11.3 Å². The minimum atomic E-state index is 0.0552. The summed E-state index contributed by atoms with van der Waals surface area (Å²) in [5.41, 5.74) is 3.81. The van der Waals surface area contributed by atoms with E-state index in [-0.39, 0.29) is 5.91 Å². The van der Waals surface area contributed by atoms with Crippen molar-refractivity contribution in [1.29, 1.82) is 5.26 Å². The molecule has 1 fully saturated rings. The van der Waals surface area contributed by atoms with Crippen molar-refractivity contribution in [2.45, 2.75) is 27.0 Å². The van der Waals surface area contributed by atoms with E-state index >= 15 is 0 Å². The van der Waals surface area contributed by atoms with Crippen molar-refractivity contribution in [2.24, 2.45) is 0 Å². The highest BCUT2D eigenvalue weighted by Gasteiger charge is 2.25. The lowest BCUT2D eigenvalue weighted by atomic mass is 10.1. The van der Waals surface area contributed by atoms with Crippen molar-refractivity contribution in [1.82, 2.24) is 14.8 Å². The molecule has 164 valence electrons. The lowest BCUT2D eigenvalue weighted by Crippen LogP contribution is -2.48. The van der Waals surface area contributed by atoms with Crippen LogP contribution in [-0.4, -0.2) is 46.9 Å². The average molecular weight is 447 g/mol. The van der Waals surface area contributed by atoms with Crippen LogP contribution < -0.4 is 4.74 Å². The first kappa shape index (κ1) is 22.0. The van der Waals surface area contributed by atoms with Gasteiger partial charge in [-0.05, 0) is 43.7 Å². The van der Waals surface area contributed by atoms with Crippen LogP contribution in [-0.2, 0) is 13.2 Å². The molecule has 0 aliphatic carbocycles. The van der Waals surface area contributed by atoms with Gasteiger partial charge in [-0.2, -0.15) is 5.26 Å². The minimum Gasteiger partial charge on any atom is -0.486 e. The van der Waals surface area contributed by atoms with Crippen molar-refractivity contribution in [3.8, 4) is 11.8 Å². The van der Waals surface area contributed by atoms with Crippen molar-refractivity contribution in [3.05, 3.63) is 80.8 Å². The van der Waals surface area contributed by atoms with Crippen LogP contribution in [0.5, 0.6) is 5.75 Å². The Morgan fingerprint density at radius 3 is 2.41 bits per heavy atom. The predicted octanol–water partition coefficient (Wildman–Crippen LogP) is 4.17. The molecule has 1 amide bonds. The van der Waals surface area contributed by atoms with E-state index in [1.165, 1.54) is 22.5 Å². The second-order valence-corrected chi connectivity index (χ2v) is 9.08. The van der Waals surface area contributed by atoms with E-state index in [2.05, 4.69) is 16.0 Å². The first-order chi connectivity index (χ1) is 15.5. The summed E-state index contributed by atoms with van der Waals surface area (Å²) < 4.78 is 5.82. The van der Waals surface area contributed by atoms with Gasteiger partial charge in [0.1, 0.15) is 22.2 Å². The van der Waals surface area contributed by atoms with E-state index in [1.54, 1.807) is 0 Å². The molecule has 0 atom stereocenters. The second-order valence-electron chi connectivity index (χ2n) is 8.00. The molecule has 4 rings (SSSR count). The molecule has 0 radical (unpaired) electrons. The molecular weight excluding hydrogens is 420 g/mol. The number of nitriles is 1. The normalized spacial score (nSPS) is 14.2. The molecule has 7 heteroatoms. The molecule has 0 saturated carbocycles. The molecule has 3 aromatic rings. The van der Waals surface area contributed by atoms with Gasteiger partial charge in [-0.25, -0.2) is 4.98 Å². The molecule has 0 N–H and O–H groups in total. The molecule has 1 aliphatic rings. The maximum Gasteiger partial charge on any atom is 0.265 e. The number of hydrogen-bond acceptors (Lipinski definition) is 6. The molecule has 0 bridgehead atoms. The number of benzene rings is 2. The lowest BCUT2D eigenvalue weighted by molar-refractivity contribution is 0.0632. The zero-order valence-corrected chi connectivity index (χ0v) is 19.2. The number of carbonyl (C=O) groups is 1. The van der Waals surface area contributed by atoms with Gasteiger partial charge >= 0.3 is 0 Å². The van der Waals surface area contributed by atoms with Crippen molar-refractivity contribution >= 4 is 17.2 Å². The number of piperazine rings is 1. The highest BCUT2D eigenvalue weighted by Crippen LogP contribution is 2.23. The highest BCUT2D eigenvalue weighted by molar-refractivity contribution is 7.13. The summed E-state index contributed by atoms with van der Waals surface area (Å²) in [7, 11) is 0. The Morgan fingerprint density at radius 2 is 1.75 bits per heavy atom. The number of ether oxygens (including phenoxy) is 1. The number of nitrogens with zero attached hydrogens (tertiary/aromatic N) is 4. The summed E-state index contributed by atoms with van der Waals surface area (Å²) in [6.07, 6.45) is 0. The number of carbonyl (C=O) groups excluding carboxylic acids is 1. The average Bonchev–Trinajstić information content (AvgIpc) is 3.19. The number of thiazole rings is 1. The van der Waals surface area contributed by atoms with Gasteiger partial charge in [-0.15, -0.1) is 11.3 Å². The Morgan fingerprint density at radius 1 is 1.06 bits per heavy atom. The highest BCUT2D eigenvalue weighted by atomic mass is 32.1. The summed E-state index contributed by atoms with van der Waals surface area (Å²) in [6.45, 7) is 8.16. The molecule has 6 nitrogen and oxygen atoms in total. The Labute approximate surface area is 192 Å². The Balaban J connectivity index is 1.30. The zero-order valence-electron chi connectivity index (χ0n) is 18.4. The molecule has 2 heterocycles. The number of rotatable bonds is 6. The van der Waals surface area contributed by atoms with Gasteiger partial charge in [-0.3, -0.25) is 9.69 Å². The van der Waals surface area contributed by atoms with Gasteiger partial charge in [0, 0.05) is 32.7 Å². The number of aromatic nitrogens is 1. The quantitative estimate of drug-likeness (QED) is 0.568. The number of aryl methyl sites for hydroxylation is 2. The van der Waals surface area contributed by atoms with Crippen LogP contribution in [0.4, 0.5) is 0 Å². The summed E-state index contributed by atoms with van der Waals surface area (Å²) in [5.74, 6) is 0.856. The SMILES string of the molecule is Cc1ccc(OCc2nc(C)c(C(=O)N3CCN(Cc4ccc(C#N)cc4)CC3)s2)cc1. The zero-order chi connectivity index (χ0) is 22.5. The minimum absolute atomic E-state index is 0.0552. The fourth-order valence-electron chi connectivity index (χ4n) is 3.69. The molecule has 1 aliphatic heterocycles. The van der Waals surface area contributed by atoms with Crippen LogP contribution in [0, 0.1) is 25.2 Å². The maximum absolute atomic E-state index is 13.1. The van der Waals surface area contributed by atoms with Crippen molar-refractivity contribution < 1.29 is 9.53 Å².